The summed E-state index contributed by atoms with van der Waals surface area (Å²) < 4.78 is 0. The molecule has 0 heterocycles. The molecule has 0 atom stereocenters. The number of benzene rings is 2. The maximum absolute atomic E-state index is 12.0. The number of aryl methyl sites for hydroxylation is 1. The Morgan fingerprint density at radius 2 is 1.90 bits per heavy atom. The molecule has 0 aromatic heterocycles. The van der Waals surface area contributed by atoms with Crippen LogP contribution in [0.3, 0.4) is 0 Å². The molecule has 0 bridgehead atoms. The van der Waals surface area contributed by atoms with Crippen LogP contribution in [0.1, 0.15) is 21.5 Å². The molecule has 4 heteroatoms. The van der Waals surface area contributed by atoms with Crippen molar-refractivity contribution in [2.75, 3.05) is 5.75 Å². The number of carbonyl (C=O) groups excluding carboxylic acids is 1. The molecule has 0 fully saturated rings. The van der Waals surface area contributed by atoms with Crippen LogP contribution in [0.25, 0.3) is 0 Å². The van der Waals surface area contributed by atoms with E-state index in [1.807, 2.05) is 31.2 Å². The number of rotatable bonds is 5. The zero-order valence-corrected chi connectivity index (χ0v) is 12.0. The molecule has 20 heavy (non-hydrogen) atoms. The Kier molecular flexibility index (Phi) is 4.69. The average molecular weight is 288 g/mol. The second kappa shape index (κ2) is 6.48. The fourth-order valence-electron chi connectivity index (χ4n) is 1.86. The van der Waals surface area contributed by atoms with Crippen molar-refractivity contribution in [1.82, 2.24) is 0 Å². The lowest BCUT2D eigenvalue weighted by atomic mass is 10.1. The minimum absolute atomic E-state index is 0.0494. The summed E-state index contributed by atoms with van der Waals surface area (Å²) in [6.07, 6.45) is 0. The zero-order valence-electron chi connectivity index (χ0n) is 11.2. The first-order valence-corrected chi connectivity index (χ1v) is 7.41. The van der Waals surface area contributed by atoms with Crippen LogP contribution in [-0.4, -0.2) is 21.7 Å². The van der Waals surface area contributed by atoms with Gasteiger partial charge in [0.25, 0.3) is 0 Å². The number of hydrogen-bond donors (Lipinski definition) is 2. The number of phenolic OH excluding ortho intramolecular Hbond substituents is 2. The molecule has 2 N–H and O–H groups in total. The normalized spacial score (nSPS) is 10.4. The second-order valence-electron chi connectivity index (χ2n) is 4.54. The molecule has 2 aromatic rings. The summed E-state index contributed by atoms with van der Waals surface area (Å²) in [5.41, 5.74) is 2.67. The van der Waals surface area contributed by atoms with Gasteiger partial charge in [0.15, 0.2) is 5.78 Å². The number of phenols is 2. The highest BCUT2D eigenvalue weighted by Gasteiger charge is 2.11. The predicted octanol–water partition coefficient (Wildman–Crippen LogP) is 3.52. The van der Waals surface area contributed by atoms with Crippen LogP contribution in [0.2, 0.25) is 0 Å². The number of Topliss-reactive ketones (excluding diaryl/α,β-unsaturated/α-hetero) is 1. The van der Waals surface area contributed by atoms with E-state index >= 15 is 0 Å². The van der Waals surface area contributed by atoms with E-state index in [1.54, 1.807) is 0 Å². The SMILES string of the molecule is Cc1ccccc1CSCC(=O)c1ccc(O)cc1O. The van der Waals surface area contributed by atoms with Crippen LogP contribution in [0.4, 0.5) is 0 Å². The summed E-state index contributed by atoms with van der Waals surface area (Å²) >= 11 is 1.51. The van der Waals surface area contributed by atoms with Gasteiger partial charge in [-0.1, -0.05) is 24.3 Å². The lowest BCUT2D eigenvalue weighted by Crippen LogP contribution is -2.03. The molecule has 0 saturated carbocycles. The number of aromatic hydroxyl groups is 2. The highest BCUT2D eigenvalue weighted by atomic mass is 32.2. The Bertz CT molecular complexity index is 623. The standard InChI is InChI=1S/C16H16O3S/c1-11-4-2-3-5-12(11)9-20-10-16(19)14-7-6-13(17)8-15(14)18/h2-8,17-18H,9-10H2,1H3. The van der Waals surface area contributed by atoms with Gasteiger partial charge in [-0.05, 0) is 30.2 Å². The first-order chi connectivity index (χ1) is 9.58. The van der Waals surface area contributed by atoms with Crippen LogP contribution < -0.4 is 0 Å². The molecule has 0 aliphatic carbocycles. The van der Waals surface area contributed by atoms with E-state index in [1.165, 1.54) is 41.1 Å². The van der Waals surface area contributed by atoms with Gasteiger partial charge in [0, 0.05) is 11.8 Å². The van der Waals surface area contributed by atoms with E-state index in [9.17, 15) is 15.0 Å². The molecular weight excluding hydrogens is 272 g/mol. The zero-order chi connectivity index (χ0) is 14.5. The van der Waals surface area contributed by atoms with Crippen molar-refractivity contribution < 1.29 is 15.0 Å². The number of carbonyl (C=O) groups is 1. The van der Waals surface area contributed by atoms with Crippen LogP contribution in [0.15, 0.2) is 42.5 Å². The van der Waals surface area contributed by atoms with E-state index in [2.05, 4.69) is 0 Å². The lowest BCUT2D eigenvalue weighted by molar-refractivity contribution is 0.102. The largest absolute Gasteiger partial charge is 0.508 e. The second-order valence-corrected chi connectivity index (χ2v) is 5.53. The van der Waals surface area contributed by atoms with E-state index in [0.29, 0.717) is 5.75 Å². The molecule has 0 radical (unpaired) electrons. The van der Waals surface area contributed by atoms with Crippen molar-refractivity contribution in [3.05, 3.63) is 59.2 Å². The van der Waals surface area contributed by atoms with Crippen molar-refractivity contribution in [3.63, 3.8) is 0 Å². The van der Waals surface area contributed by atoms with Gasteiger partial charge in [-0.3, -0.25) is 4.79 Å². The average Bonchev–Trinajstić information content (AvgIpc) is 2.40. The highest BCUT2D eigenvalue weighted by Crippen LogP contribution is 2.24. The monoisotopic (exact) mass is 288 g/mol. The number of thioether (sulfide) groups is 1. The van der Waals surface area contributed by atoms with Crippen LogP contribution in [-0.2, 0) is 5.75 Å². The lowest BCUT2D eigenvalue weighted by Gasteiger charge is -2.06. The minimum atomic E-state index is -0.175. The Balaban J connectivity index is 1.94. The van der Waals surface area contributed by atoms with Crippen LogP contribution in [0.5, 0.6) is 11.5 Å². The molecule has 0 saturated heterocycles. The van der Waals surface area contributed by atoms with Crippen molar-refractivity contribution in [2.45, 2.75) is 12.7 Å². The quantitative estimate of drug-likeness (QED) is 0.826. The van der Waals surface area contributed by atoms with Gasteiger partial charge in [-0.2, -0.15) is 0 Å². The van der Waals surface area contributed by atoms with Crippen molar-refractivity contribution in [3.8, 4) is 11.5 Å². The summed E-state index contributed by atoms with van der Waals surface area (Å²) in [6.45, 7) is 2.05. The topological polar surface area (TPSA) is 57.5 Å². The molecule has 0 unspecified atom stereocenters. The number of ketones is 1. The molecule has 104 valence electrons. The summed E-state index contributed by atoms with van der Waals surface area (Å²) in [6, 6.07) is 12.1. The summed E-state index contributed by atoms with van der Waals surface area (Å²) in [5.74, 6) is 0.698. The van der Waals surface area contributed by atoms with Gasteiger partial charge in [-0.25, -0.2) is 0 Å². The smallest absolute Gasteiger partial charge is 0.176 e. The Labute approximate surface area is 122 Å². The van der Waals surface area contributed by atoms with Gasteiger partial charge < -0.3 is 10.2 Å². The number of hydrogen-bond acceptors (Lipinski definition) is 4. The van der Waals surface area contributed by atoms with Crippen molar-refractivity contribution in [2.24, 2.45) is 0 Å². The molecule has 0 aliphatic heterocycles. The van der Waals surface area contributed by atoms with Gasteiger partial charge in [0.05, 0.1) is 11.3 Å². The van der Waals surface area contributed by atoms with Gasteiger partial charge in [0.1, 0.15) is 11.5 Å². The van der Waals surface area contributed by atoms with Gasteiger partial charge in [0.2, 0.25) is 0 Å². The third-order valence-electron chi connectivity index (χ3n) is 3.03. The molecule has 0 amide bonds. The predicted molar refractivity (Wildman–Crippen MR) is 81.4 cm³/mol. The Hall–Kier alpha value is -1.94. The first-order valence-electron chi connectivity index (χ1n) is 6.25. The van der Waals surface area contributed by atoms with Crippen molar-refractivity contribution in [1.29, 1.82) is 0 Å². The molecule has 0 aliphatic rings. The maximum Gasteiger partial charge on any atom is 0.176 e. The highest BCUT2D eigenvalue weighted by molar-refractivity contribution is 7.99. The van der Waals surface area contributed by atoms with Crippen LogP contribution in [0, 0.1) is 6.92 Å². The molecule has 3 nitrogen and oxygen atoms in total. The van der Waals surface area contributed by atoms with E-state index in [0.717, 1.165) is 5.75 Å². The fourth-order valence-corrected chi connectivity index (χ4v) is 2.85. The molecular formula is C16H16O3S. The fraction of sp³-hybridized carbons (Fsp3) is 0.188. The maximum atomic E-state index is 12.0. The minimum Gasteiger partial charge on any atom is -0.508 e. The molecule has 2 aromatic carbocycles. The molecule has 0 spiro atoms. The summed E-state index contributed by atoms with van der Waals surface area (Å²) in [5, 5.41) is 18.8. The summed E-state index contributed by atoms with van der Waals surface area (Å²) in [7, 11) is 0. The Morgan fingerprint density at radius 1 is 1.15 bits per heavy atom. The third kappa shape index (κ3) is 3.54. The van der Waals surface area contributed by atoms with Crippen molar-refractivity contribution >= 4 is 17.5 Å². The first kappa shape index (κ1) is 14.5. The van der Waals surface area contributed by atoms with E-state index in [-0.39, 0.29) is 22.8 Å². The van der Waals surface area contributed by atoms with E-state index < -0.39 is 0 Å². The third-order valence-corrected chi connectivity index (χ3v) is 4.02. The van der Waals surface area contributed by atoms with Gasteiger partial charge >= 0.3 is 0 Å². The summed E-state index contributed by atoms with van der Waals surface area (Å²) in [4.78, 5) is 12.0. The van der Waals surface area contributed by atoms with E-state index in [4.69, 9.17) is 0 Å². The Morgan fingerprint density at radius 3 is 2.60 bits per heavy atom. The molecule has 2 rings (SSSR count). The van der Waals surface area contributed by atoms with Crippen LogP contribution >= 0.6 is 11.8 Å². The van der Waals surface area contributed by atoms with Gasteiger partial charge in [-0.15, -0.1) is 11.8 Å².